The number of rotatable bonds is 8. The van der Waals surface area contributed by atoms with Crippen LogP contribution < -0.4 is 5.32 Å². The van der Waals surface area contributed by atoms with Crippen LogP contribution in [0.15, 0.2) is 11.6 Å². The van der Waals surface area contributed by atoms with E-state index in [2.05, 4.69) is 12.2 Å². The molecule has 4 aliphatic carbocycles. The minimum absolute atomic E-state index is 0.00711. The smallest absolute Gasteiger partial charge is 0.325 e. The molecule has 208 valence electrons. The van der Waals surface area contributed by atoms with Gasteiger partial charge in [0.2, 0.25) is 11.7 Å². The first-order valence-corrected chi connectivity index (χ1v) is 13.4. The van der Waals surface area contributed by atoms with Crippen molar-refractivity contribution in [1.29, 1.82) is 0 Å². The van der Waals surface area contributed by atoms with Gasteiger partial charge >= 0.3 is 11.9 Å². The van der Waals surface area contributed by atoms with Crippen molar-refractivity contribution in [3.05, 3.63) is 11.6 Å². The summed E-state index contributed by atoms with van der Waals surface area (Å²) in [5.74, 6) is -3.47. The predicted octanol–water partition coefficient (Wildman–Crippen LogP) is 1.91. The molecule has 7 atom stereocenters. The number of hydrogen-bond acceptors (Lipinski definition) is 8. The van der Waals surface area contributed by atoms with Crippen molar-refractivity contribution in [3.8, 4) is 0 Å². The Morgan fingerprint density at radius 3 is 2.50 bits per heavy atom. The van der Waals surface area contributed by atoms with Gasteiger partial charge in [-0.15, -0.1) is 0 Å². The Kier molecular flexibility index (Phi) is 7.42. The number of fused-ring (bicyclic) bond motifs is 5. The van der Waals surface area contributed by atoms with Crippen LogP contribution in [0.5, 0.6) is 0 Å². The van der Waals surface area contributed by atoms with Crippen LogP contribution in [0, 0.1) is 28.6 Å². The van der Waals surface area contributed by atoms with Crippen molar-refractivity contribution in [1.82, 2.24) is 5.32 Å². The SMILES string of the molecule is CC(NC(=O)CCC(=O)OCC(=O)[C@@]1(O)CC[C@H]2[C@@H]3CCC4=CC(=O)CC[C@]4(C)[C@H]3C(=O)C[C@@]21C)C(=O)O. The average molecular weight is 532 g/mol. The lowest BCUT2D eigenvalue weighted by molar-refractivity contribution is -0.173. The van der Waals surface area contributed by atoms with Gasteiger partial charge in [0, 0.05) is 30.6 Å². The standard InChI is InChI=1S/C28H37NO9/c1-15(25(35)36)29-22(33)6-7-23(34)38-14-21(32)28(37)11-9-19-18-5-4-16-12-17(30)8-10-26(16,2)24(18)20(31)13-27(19,28)3/h12,15,18-19,24,37H,4-11,13-14H2,1-3H3,(H,29,33)(H,35,36)/t15?,18-,19-,24+,26-,27-,28-/m0/s1. The second-order valence-corrected chi connectivity index (χ2v) is 12.0. The first-order valence-electron chi connectivity index (χ1n) is 13.4. The van der Waals surface area contributed by atoms with Gasteiger partial charge in [0.15, 0.2) is 12.4 Å². The van der Waals surface area contributed by atoms with E-state index in [0.29, 0.717) is 19.3 Å². The molecule has 0 aromatic rings. The van der Waals surface area contributed by atoms with Crippen LogP contribution in [0.2, 0.25) is 0 Å². The molecule has 0 bridgehead atoms. The number of aliphatic hydroxyl groups is 1. The Labute approximate surface area is 221 Å². The number of ketones is 3. The summed E-state index contributed by atoms with van der Waals surface area (Å²) in [5, 5.41) is 22.7. The van der Waals surface area contributed by atoms with Gasteiger partial charge in [-0.2, -0.15) is 0 Å². The highest BCUT2D eigenvalue weighted by Gasteiger charge is 2.68. The van der Waals surface area contributed by atoms with Crippen molar-refractivity contribution in [3.63, 3.8) is 0 Å². The third kappa shape index (κ3) is 4.61. The summed E-state index contributed by atoms with van der Waals surface area (Å²) < 4.78 is 5.07. The summed E-state index contributed by atoms with van der Waals surface area (Å²) in [5.41, 5.74) is -2.12. The highest BCUT2D eigenvalue weighted by molar-refractivity contribution is 5.95. The Morgan fingerprint density at radius 2 is 1.82 bits per heavy atom. The Hall–Kier alpha value is -2.88. The lowest BCUT2D eigenvalue weighted by Gasteiger charge is -2.57. The van der Waals surface area contributed by atoms with Crippen molar-refractivity contribution >= 4 is 35.2 Å². The van der Waals surface area contributed by atoms with E-state index in [4.69, 9.17) is 9.84 Å². The lowest BCUT2D eigenvalue weighted by Crippen LogP contribution is -2.61. The Bertz CT molecular complexity index is 1110. The highest BCUT2D eigenvalue weighted by atomic mass is 16.5. The molecular formula is C28H37NO9. The maximum atomic E-state index is 13.7. The van der Waals surface area contributed by atoms with Crippen molar-refractivity contribution in [2.24, 2.45) is 28.6 Å². The summed E-state index contributed by atoms with van der Waals surface area (Å²) in [4.78, 5) is 73.7. The molecule has 38 heavy (non-hydrogen) atoms. The van der Waals surface area contributed by atoms with Crippen molar-refractivity contribution in [2.45, 2.75) is 90.2 Å². The molecule has 0 saturated heterocycles. The van der Waals surface area contributed by atoms with Gasteiger partial charge in [-0.3, -0.25) is 28.8 Å². The van der Waals surface area contributed by atoms with Crippen LogP contribution in [0.25, 0.3) is 0 Å². The zero-order valence-corrected chi connectivity index (χ0v) is 22.2. The number of carbonyl (C=O) groups excluding carboxylic acids is 5. The number of hydrogen-bond donors (Lipinski definition) is 3. The number of ether oxygens (including phenoxy) is 1. The third-order valence-corrected chi connectivity index (χ3v) is 9.94. The summed E-state index contributed by atoms with van der Waals surface area (Å²) in [7, 11) is 0. The Morgan fingerprint density at radius 1 is 1.11 bits per heavy atom. The first kappa shape index (κ1) is 28.1. The molecule has 0 heterocycles. The molecule has 1 unspecified atom stereocenters. The summed E-state index contributed by atoms with van der Waals surface area (Å²) in [6.07, 6.45) is 4.40. The number of allylic oxidation sites excluding steroid dienone is 1. The van der Waals surface area contributed by atoms with E-state index in [1.54, 1.807) is 13.0 Å². The number of carboxylic acids is 1. The molecule has 4 aliphatic rings. The largest absolute Gasteiger partial charge is 0.480 e. The first-order chi connectivity index (χ1) is 17.7. The number of carboxylic acid groups (broad SMARTS) is 1. The van der Waals surface area contributed by atoms with Gasteiger partial charge in [-0.1, -0.05) is 19.4 Å². The van der Waals surface area contributed by atoms with E-state index in [1.807, 2.05) is 0 Å². The van der Waals surface area contributed by atoms with Crippen LogP contribution in [-0.4, -0.2) is 63.7 Å². The van der Waals surface area contributed by atoms with Gasteiger partial charge in [0.05, 0.1) is 6.42 Å². The number of aliphatic carboxylic acids is 1. The molecule has 3 N–H and O–H groups in total. The quantitative estimate of drug-likeness (QED) is 0.397. The second kappa shape index (κ2) is 10.0. The zero-order chi connectivity index (χ0) is 28.0. The van der Waals surface area contributed by atoms with E-state index in [9.17, 15) is 33.9 Å². The molecule has 0 spiro atoms. The fourth-order valence-corrected chi connectivity index (χ4v) is 7.77. The van der Waals surface area contributed by atoms with E-state index < -0.39 is 47.3 Å². The number of amides is 1. The van der Waals surface area contributed by atoms with Crippen LogP contribution in [0.4, 0.5) is 0 Å². The second-order valence-electron chi connectivity index (χ2n) is 12.0. The van der Waals surface area contributed by atoms with Gasteiger partial charge in [-0.05, 0) is 62.4 Å². The van der Waals surface area contributed by atoms with Gasteiger partial charge in [0.25, 0.3) is 0 Å². The number of Topliss-reactive ketones (excluding diaryl/α,β-unsaturated/α-hetero) is 2. The molecule has 10 heteroatoms. The van der Waals surface area contributed by atoms with Gasteiger partial charge < -0.3 is 20.3 Å². The average Bonchev–Trinajstić information content (AvgIpc) is 3.12. The van der Waals surface area contributed by atoms with Crippen LogP contribution in [0.1, 0.15) is 78.6 Å². The van der Waals surface area contributed by atoms with Gasteiger partial charge in [-0.25, -0.2) is 0 Å². The fraction of sp³-hybridized carbons (Fsp3) is 0.714. The minimum atomic E-state index is -1.81. The zero-order valence-electron chi connectivity index (χ0n) is 22.2. The maximum absolute atomic E-state index is 13.7. The maximum Gasteiger partial charge on any atom is 0.325 e. The Balaban J connectivity index is 1.40. The summed E-state index contributed by atoms with van der Waals surface area (Å²) >= 11 is 0. The van der Waals surface area contributed by atoms with Crippen LogP contribution in [0.3, 0.4) is 0 Å². The molecule has 0 radical (unpaired) electrons. The monoisotopic (exact) mass is 531 g/mol. The van der Waals surface area contributed by atoms with E-state index >= 15 is 0 Å². The molecule has 4 rings (SSSR count). The lowest BCUT2D eigenvalue weighted by atomic mass is 9.46. The molecule has 0 aliphatic heterocycles. The van der Waals surface area contributed by atoms with Crippen molar-refractivity contribution in [2.75, 3.05) is 6.61 Å². The normalized spacial score (nSPS) is 36.7. The molecule has 0 aromatic heterocycles. The number of esters is 1. The summed E-state index contributed by atoms with van der Waals surface area (Å²) in [6, 6.07) is -1.10. The minimum Gasteiger partial charge on any atom is -0.480 e. The molecular weight excluding hydrogens is 494 g/mol. The van der Waals surface area contributed by atoms with Crippen LogP contribution in [-0.2, 0) is 33.5 Å². The molecule has 3 saturated carbocycles. The van der Waals surface area contributed by atoms with E-state index in [1.165, 1.54) is 6.92 Å². The number of nitrogens with one attached hydrogen (secondary N) is 1. The van der Waals surface area contributed by atoms with E-state index in [0.717, 1.165) is 18.4 Å². The molecule has 1 amide bonds. The highest BCUT2D eigenvalue weighted by Crippen LogP contribution is 2.66. The number of carbonyl (C=O) groups is 6. The molecule has 3 fully saturated rings. The van der Waals surface area contributed by atoms with E-state index in [-0.39, 0.29) is 60.4 Å². The van der Waals surface area contributed by atoms with Crippen molar-refractivity contribution < 1.29 is 43.7 Å². The van der Waals surface area contributed by atoms with Crippen LogP contribution >= 0.6 is 0 Å². The fourth-order valence-electron chi connectivity index (χ4n) is 7.77. The third-order valence-electron chi connectivity index (χ3n) is 9.94. The molecule has 10 nitrogen and oxygen atoms in total. The topological polar surface area (TPSA) is 164 Å². The molecule has 0 aromatic carbocycles. The van der Waals surface area contributed by atoms with Gasteiger partial charge in [0.1, 0.15) is 17.4 Å². The predicted molar refractivity (Wildman–Crippen MR) is 132 cm³/mol. The summed E-state index contributed by atoms with van der Waals surface area (Å²) in [6.45, 7) is 4.51.